The Morgan fingerprint density at radius 1 is 0.878 bits per heavy atom. The first kappa shape index (κ1) is 24.0. The van der Waals surface area contributed by atoms with Crippen molar-refractivity contribution in [2.45, 2.75) is 18.9 Å². The molecule has 0 amide bonds. The summed E-state index contributed by atoms with van der Waals surface area (Å²) in [6.45, 7) is 0. The zero-order valence-corrected chi connectivity index (χ0v) is 22.8. The van der Waals surface area contributed by atoms with Gasteiger partial charge in [-0.15, -0.1) is 0 Å². The highest BCUT2D eigenvalue weighted by Gasteiger charge is 2.32. The molecule has 4 aromatic carbocycles. The van der Waals surface area contributed by atoms with Crippen LogP contribution in [0.5, 0.6) is 0 Å². The largest absolute Gasteiger partial charge is 0.354 e. The maximum absolute atomic E-state index is 14.3. The van der Waals surface area contributed by atoms with Crippen LogP contribution in [0.1, 0.15) is 34.7 Å². The Balaban J connectivity index is 1.40. The summed E-state index contributed by atoms with van der Waals surface area (Å²) < 4.78 is 16.4. The van der Waals surface area contributed by atoms with E-state index in [1.165, 1.54) is 29.0 Å². The van der Waals surface area contributed by atoms with Crippen LogP contribution in [0.15, 0.2) is 118 Å². The van der Waals surface area contributed by atoms with Gasteiger partial charge in [0.15, 0.2) is 4.80 Å². The quantitative estimate of drug-likeness (QED) is 0.264. The fraction of sp³-hybridized carbons (Fsp3) is 0.0857. The zero-order valence-electron chi connectivity index (χ0n) is 22.0. The Bertz CT molecular complexity index is 2190. The van der Waals surface area contributed by atoms with Crippen LogP contribution in [0, 0.1) is 5.82 Å². The van der Waals surface area contributed by atoms with Gasteiger partial charge in [-0.25, -0.2) is 9.38 Å². The monoisotopic (exact) mass is 553 g/mol. The highest BCUT2D eigenvalue weighted by atomic mass is 32.1. The summed E-state index contributed by atoms with van der Waals surface area (Å²) in [5, 5.41) is 1.06. The molecule has 0 radical (unpaired) electrons. The lowest BCUT2D eigenvalue weighted by Gasteiger charge is -2.30. The first-order chi connectivity index (χ1) is 20.2. The van der Waals surface area contributed by atoms with Gasteiger partial charge in [-0.05, 0) is 59.4 Å². The second-order valence-corrected chi connectivity index (χ2v) is 11.5. The first-order valence-electron chi connectivity index (χ1n) is 13.7. The molecular weight excluding hydrogens is 529 g/mol. The van der Waals surface area contributed by atoms with Crippen LogP contribution in [0.4, 0.5) is 4.39 Å². The smallest absolute Gasteiger partial charge is 0.271 e. The summed E-state index contributed by atoms with van der Waals surface area (Å²) in [6.07, 6.45) is 3.67. The highest BCUT2D eigenvalue weighted by molar-refractivity contribution is 7.07. The van der Waals surface area contributed by atoms with Gasteiger partial charge in [-0.2, -0.15) is 0 Å². The average molecular weight is 554 g/mol. The third-order valence-corrected chi connectivity index (χ3v) is 9.13. The van der Waals surface area contributed by atoms with Crippen molar-refractivity contribution in [3.05, 3.63) is 156 Å². The second kappa shape index (κ2) is 9.39. The molecule has 8 rings (SSSR count). The van der Waals surface area contributed by atoms with E-state index in [1.807, 2.05) is 47.0 Å². The number of allylic oxidation sites excluding steroid dienone is 1. The van der Waals surface area contributed by atoms with Crippen LogP contribution >= 0.6 is 11.3 Å². The molecule has 0 fully saturated rings. The summed E-state index contributed by atoms with van der Waals surface area (Å²) in [4.78, 5) is 23.6. The molecule has 6 heteroatoms. The topological polar surface area (TPSA) is 50.1 Å². The maximum atomic E-state index is 14.3. The van der Waals surface area contributed by atoms with Crippen molar-refractivity contribution in [3.8, 4) is 11.3 Å². The third kappa shape index (κ3) is 3.86. The van der Waals surface area contributed by atoms with Gasteiger partial charge in [0.25, 0.3) is 5.56 Å². The molecule has 1 aliphatic carbocycles. The molecule has 0 bridgehead atoms. The van der Waals surface area contributed by atoms with Crippen molar-refractivity contribution >= 4 is 34.0 Å². The van der Waals surface area contributed by atoms with E-state index in [0.29, 0.717) is 9.33 Å². The number of aryl methyl sites for hydroxylation is 1. The molecule has 6 aromatic rings. The summed E-state index contributed by atoms with van der Waals surface area (Å²) in [5.41, 5.74) is 9.24. The van der Waals surface area contributed by atoms with E-state index in [0.717, 1.165) is 63.0 Å². The predicted molar refractivity (Wildman–Crippen MR) is 163 cm³/mol. The average Bonchev–Trinajstić information content (AvgIpc) is 3.54. The van der Waals surface area contributed by atoms with Gasteiger partial charge < -0.3 is 4.98 Å². The minimum Gasteiger partial charge on any atom is -0.354 e. The van der Waals surface area contributed by atoms with Crippen LogP contribution in [0.25, 0.3) is 33.9 Å². The molecule has 0 saturated carbocycles. The Morgan fingerprint density at radius 2 is 1.63 bits per heavy atom. The Hall–Kier alpha value is -4.81. The second-order valence-electron chi connectivity index (χ2n) is 10.5. The summed E-state index contributed by atoms with van der Waals surface area (Å²) in [6, 6.07) is 32.9. The van der Waals surface area contributed by atoms with Crippen LogP contribution < -0.4 is 14.9 Å². The van der Waals surface area contributed by atoms with E-state index < -0.39 is 0 Å². The van der Waals surface area contributed by atoms with Gasteiger partial charge in [-0.3, -0.25) is 9.36 Å². The predicted octanol–water partition coefficient (Wildman–Crippen LogP) is 6.61. The van der Waals surface area contributed by atoms with Crippen molar-refractivity contribution in [2.75, 3.05) is 0 Å². The molecule has 2 aromatic heterocycles. The normalized spacial score (nSPS) is 16.3. The number of rotatable bonds is 3. The Labute approximate surface area is 239 Å². The number of hydrogen-bond acceptors (Lipinski definition) is 3. The van der Waals surface area contributed by atoms with Gasteiger partial charge in [0.05, 0.1) is 22.0 Å². The molecule has 0 saturated heterocycles. The number of benzene rings is 4. The Morgan fingerprint density at radius 3 is 2.49 bits per heavy atom. The van der Waals surface area contributed by atoms with E-state index >= 15 is 0 Å². The maximum Gasteiger partial charge on any atom is 0.271 e. The van der Waals surface area contributed by atoms with Crippen molar-refractivity contribution in [1.29, 1.82) is 0 Å². The van der Waals surface area contributed by atoms with Gasteiger partial charge in [0, 0.05) is 22.0 Å². The minimum atomic E-state index is -0.339. The number of thiazole rings is 1. The molecule has 0 spiro atoms. The molecule has 1 atom stereocenters. The van der Waals surface area contributed by atoms with Gasteiger partial charge in [0.1, 0.15) is 5.82 Å². The van der Waals surface area contributed by atoms with E-state index in [9.17, 15) is 9.18 Å². The van der Waals surface area contributed by atoms with Gasteiger partial charge in [0.2, 0.25) is 0 Å². The lowest BCUT2D eigenvalue weighted by Crippen LogP contribution is -2.38. The lowest BCUT2D eigenvalue weighted by atomic mass is 9.83. The summed E-state index contributed by atoms with van der Waals surface area (Å²) >= 11 is 1.41. The molecule has 198 valence electrons. The van der Waals surface area contributed by atoms with E-state index in [4.69, 9.17) is 4.99 Å². The number of H-pyrrole nitrogens is 1. The highest BCUT2D eigenvalue weighted by Crippen LogP contribution is 2.41. The van der Waals surface area contributed by atoms with Crippen LogP contribution in [0.2, 0.25) is 0 Å². The SMILES string of the molecule is O=c1c(=Cc2c(-c3ccccc3)[nH]c3ccccc23)sc2n1[C@@H](c1ccc(F)cc1)C1=C(N=2)c2ccccc2CC1. The van der Waals surface area contributed by atoms with Crippen LogP contribution in [-0.4, -0.2) is 9.55 Å². The zero-order chi connectivity index (χ0) is 27.5. The third-order valence-electron chi connectivity index (χ3n) is 8.14. The molecule has 41 heavy (non-hydrogen) atoms. The number of nitrogens with one attached hydrogen (secondary N) is 1. The number of nitrogens with zero attached hydrogens (tertiary/aromatic N) is 2. The Kier molecular flexibility index (Phi) is 5.50. The fourth-order valence-corrected chi connectivity index (χ4v) is 7.23. The molecular formula is C35H24FN3OS. The molecule has 1 N–H and O–H groups in total. The van der Waals surface area contributed by atoms with Crippen molar-refractivity contribution in [1.82, 2.24) is 9.55 Å². The molecule has 4 nitrogen and oxygen atoms in total. The molecule has 0 unspecified atom stereocenters. The van der Waals surface area contributed by atoms with E-state index in [2.05, 4.69) is 47.4 Å². The first-order valence-corrected chi connectivity index (χ1v) is 14.5. The number of hydrogen-bond donors (Lipinski definition) is 1. The fourth-order valence-electron chi connectivity index (χ4n) is 6.24. The molecule has 2 aliphatic rings. The van der Waals surface area contributed by atoms with Gasteiger partial charge in [-0.1, -0.05) is 96.3 Å². The summed E-state index contributed by atoms with van der Waals surface area (Å²) in [7, 11) is 0. The van der Waals surface area contributed by atoms with Crippen LogP contribution in [0.3, 0.4) is 0 Å². The molecule has 1 aliphatic heterocycles. The number of fused-ring (bicyclic) bond motifs is 4. The number of para-hydroxylation sites is 1. The number of aromatic amines is 1. The number of aromatic nitrogens is 2. The standard InChI is InChI=1S/C35H24FN3OS/c36-24-17-14-23(15-18-24)33-27-19-16-21-8-4-5-11-25(21)32(27)38-35-39(33)34(40)30(41-35)20-28-26-12-6-7-13-29(26)37-31(28)22-9-2-1-3-10-22/h1-15,17-18,20,33,37H,16,19H2/t33-/m0/s1. The lowest BCUT2D eigenvalue weighted by molar-refractivity contribution is 0.581. The molecule has 3 heterocycles. The minimum absolute atomic E-state index is 0.0854. The summed E-state index contributed by atoms with van der Waals surface area (Å²) in [5.74, 6) is -0.294. The van der Waals surface area contributed by atoms with Crippen LogP contribution in [-0.2, 0) is 6.42 Å². The van der Waals surface area contributed by atoms with Gasteiger partial charge >= 0.3 is 0 Å². The number of halogens is 1. The van der Waals surface area contributed by atoms with Crippen molar-refractivity contribution in [3.63, 3.8) is 0 Å². The van der Waals surface area contributed by atoms with E-state index in [1.54, 1.807) is 12.1 Å². The van der Waals surface area contributed by atoms with Crippen molar-refractivity contribution < 1.29 is 4.39 Å². The van der Waals surface area contributed by atoms with E-state index in [-0.39, 0.29) is 17.4 Å². The van der Waals surface area contributed by atoms with Crippen molar-refractivity contribution in [2.24, 2.45) is 4.99 Å².